The molecule has 0 fully saturated rings. The Bertz CT molecular complexity index is 757. The first-order chi connectivity index (χ1) is 10.0. The number of anilines is 1. The van der Waals surface area contributed by atoms with Crippen LogP contribution < -0.4 is 14.8 Å². The van der Waals surface area contributed by atoms with E-state index in [1.807, 2.05) is 0 Å². The van der Waals surface area contributed by atoms with Crippen LogP contribution in [0.1, 0.15) is 6.92 Å². The van der Waals surface area contributed by atoms with Crippen molar-refractivity contribution in [1.82, 2.24) is 0 Å². The van der Waals surface area contributed by atoms with Crippen LogP contribution in [0, 0.1) is 10.1 Å². The lowest BCUT2D eigenvalue weighted by Crippen LogP contribution is -2.09. The third-order valence-corrected chi connectivity index (χ3v) is 2.86. The molecule has 0 radical (unpaired) electrons. The first kappa shape index (κ1) is 12.9. The molecular formula is C14H10N2O5. The molecule has 1 heterocycles. The Hall–Kier alpha value is -3.09. The topological polar surface area (TPSA) is 90.7 Å². The summed E-state index contributed by atoms with van der Waals surface area (Å²) in [5, 5.41) is 13.5. The standard InChI is InChI=1S/C14H10N2O5/c1-8(17)15-9-6-13-14(7-10(9)16(18)19)21-12-5-3-2-4-11(12)20-13/h2-7H,1H3,(H,15,17). The molecule has 21 heavy (non-hydrogen) atoms. The van der Waals surface area contributed by atoms with Crippen LogP contribution in [0.15, 0.2) is 36.4 Å². The number of fused-ring (bicyclic) bond motifs is 2. The second-order valence-electron chi connectivity index (χ2n) is 4.41. The zero-order valence-electron chi connectivity index (χ0n) is 11.0. The highest BCUT2D eigenvalue weighted by atomic mass is 16.6. The van der Waals surface area contributed by atoms with Crippen LogP contribution in [0.5, 0.6) is 23.0 Å². The Labute approximate surface area is 119 Å². The highest BCUT2D eigenvalue weighted by molar-refractivity contribution is 5.92. The van der Waals surface area contributed by atoms with E-state index >= 15 is 0 Å². The highest BCUT2D eigenvalue weighted by Gasteiger charge is 2.25. The van der Waals surface area contributed by atoms with Crippen LogP contribution in [-0.2, 0) is 4.79 Å². The summed E-state index contributed by atoms with van der Waals surface area (Å²) in [6.07, 6.45) is 0. The van der Waals surface area contributed by atoms with E-state index in [9.17, 15) is 14.9 Å². The molecule has 1 amide bonds. The van der Waals surface area contributed by atoms with Gasteiger partial charge >= 0.3 is 0 Å². The summed E-state index contributed by atoms with van der Waals surface area (Å²) in [7, 11) is 0. The Balaban J connectivity index is 2.08. The highest BCUT2D eigenvalue weighted by Crippen LogP contribution is 2.48. The molecule has 0 saturated heterocycles. The van der Waals surface area contributed by atoms with Gasteiger partial charge in [-0.25, -0.2) is 0 Å². The predicted octanol–water partition coefficient (Wildman–Crippen LogP) is 3.45. The van der Waals surface area contributed by atoms with Gasteiger partial charge in [-0.3, -0.25) is 14.9 Å². The average molecular weight is 286 g/mol. The Morgan fingerprint density at radius 2 is 1.67 bits per heavy atom. The third-order valence-electron chi connectivity index (χ3n) is 2.86. The Kier molecular flexibility index (Phi) is 2.94. The quantitative estimate of drug-likeness (QED) is 0.575. The number of carbonyl (C=O) groups excluding carboxylic acids is 1. The van der Waals surface area contributed by atoms with E-state index < -0.39 is 10.8 Å². The number of nitro benzene ring substituents is 1. The number of hydrogen-bond donors (Lipinski definition) is 1. The number of nitrogens with zero attached hydrogens (tertiary/aromatic N) is 1. The minimum Gasteiger partial charge on any atom is -0.449 e. The molecule has 0 bridgehead atoms. The molecule has 7 heteroatoms. The first-order valence-corrected chi connectivity index (χ1v) is 6.09. The van der Waals surface area contributed by atoms with Crippen LogP contribution in [0.2, 0.25) is 0 Å². The molecule has 1 aliphatic rings. The minimum absolute atomic E-state index is 0.0641. The van der Waals surface area contributed by atoms with E-state index in [0.717, 1.165) is 0 Å². The van der Waals surface area contributed by atoms with Crippen LogP contribution in [0.25, 0.3) is 0 Å². The van der Waals surface area contributed by atoms with Crippen molar-refractivity contribution in [3.8, 4) is 23.0 Å². The van der Waals surface area contributed by atoms with E-state index in [2.05, 4.69) is 5.32 Å². The second-order valence-corrected chi connectivity index (χ2v) is 4.41. The summed E-state index contributed by atoms with van der Waals surface area (Å²) < 4.78 is 11.2. The number of rotatable bonds is 2. The van der Waals surface area contributed by atoms with Gasteiger partial charge in [-0.1, -0.05) is 12.1 Å². The molecule has 0 aliphatic carbocycles. The molecule has 106 valence electrons. The maximum Gasteiger partial charge on any atom is 0.296 e. The van der Waals surface area contributed by atoms with Crippen molar-refractivity contribution in [2.75, 3.05) is 5.32 Å². The maximum atomic E-state index is 11.1. The van der Waals surface area contributed by atoms with Gasteiger partial charge in [0.15, 0.2) is 23.0 Å². The van der Waals surface area contributed by atoms with Crippen molar-refractivity contribution >= 4 is 17.3 Å². The molecule has 0 unspecified atom stereocenters. The number of amides is 1. The number of nitrogens with one attached hydrogen (secondary N) is 1. The molecule has 2 aromatic rings. The van der Waals surface area contributed by atoms with Crippen molar-refractivity contribution in [2.24, 2.45) is 0 Å². The molecular weight excluding hydrogens is 276 g/mol. The fourth-order valence-electron chi connectivity index (χ4n) is 2.01. The largest absolute Gasteiger partial charge is 0.449 e. The number of nitro groups is 1. The van der Waals surface area contributed by atoms with Crippen molar-refractivity contribution in [1.29, 1.82) is 0 Å². The summed E-state index contributed by atoms with van der Waals surface area (Å²) >= 11 is 0. The normalized spacial score (nSPS) is 11.5. The van der Waals surface area contributed by atoms with E-state index in [4.69, 9.17) is 9.47 Å². The monoisotopic (exact) mass is 286 g/mol. The first-order valence-electron chi connectivity index (χ1n) is 6.09. The fraction of sp³-hybridized carbons (Fsp3) is 0.0714. The van der Waals surface area contributed by atoms with Gasteiger partial charge in [-0.2, -0.15) is 0 Å². The number of para-hydroxylation sites is 2. The molecule has 0 aromatic heterocycles. The van der Waals surface area contributed by atoms with E-state index in [1.165, 1.54) is 19.1 Å². The van der Waals surface area contributed by atoms with Gasteiger partial charge in [0, 0.05) is 13.0 Å². The lowest BCUT2D eigenvalue weighted by molar-refractivity contribution is -0.384. The summed E-state index contributed by atoms with van der Waals surface area (Å²) in [6.45, 7) is 1.27. The Morgan fingerprint density at radius 3 is 2.19 bits per heavy atom. The summed E-state index contributed by atoms with van der Waals surface area (Å²) in [5.41, 5.74) is -0.193. The average Bonchev–Trinajstić information content (AvgIpc) is 2.43. The van der Waals surface area contributed by atoms with Crippen molar-refractivity contribution in [3.63, 3.8) is 0 Å². The number of carbonyl (C=O) groups is 1. The summed E-state index contributed by atoms with van der Waals surface area (Å²) in [4.78, 5) is 21.7. The van der Waals surface area contributed by atoms with Crippen LogP contribution in [0.3, 0.4) is 0 Å². The molecule has 0 spiro atoms. The predicted molar refractivity (Wildman–Crippen MR) is 74.0 cm³/mol. The molecule has 0 atom stereocenters. The van der Waals surface area contributed by atoms with Crippen LogP contribution in [-0.4, -0.2) is 10.8 Å². The number of benzene rings is 2. The van der Waals surface area contributed by atoms with Crippen molar-refractivity contribution in [2.45, 2.75) is 6.92 Å². The van der Waals surface area contributed by atoms with Gasteiger partial charge in [0.25, 0.3) is 5.69 Å². The molecule has 3 rings (SSSR count). The van der Waals surface area contributed by atoms with Gasteiger partial charge in [0.1, 0.15) is 5.69 Å². The molecule has 0 saturated carbocycles. The molecule has 7 nitrogen and oxygen atoms in total. The smallest absolute Gasteiger partial charge is 0.296 e. The van der Waals surface area contributed by atoms with E-state index in [0.29, 0.717) is 17.2 Å². The summed E-state index contributed by atoms with van der Waals surface area (Å²) in [5.74, 6) is 1.12. The van der Waals surface area contributed by atoms with Crippen molar-refractivity contribution < 1.29 is 19.2 Å². The van der Waals surface area contributed by atoms with Gasteiger partial charge in [-0.05, 0) is 12.1 Å². The molecule has 1 N–H and O–H groups in total. The zero-order valence-corrected chi connectivity index (χ0v) is 11.0. The summed E-state index contributed by atoms with van der Waals surface area (Å²) in [6, 6.07) is 9.59. The minimum atomic E-state index is -0.588. The number of hydrogen-bond acceptors (Lipinski definition) is 5. The van der Waals surface area contributed by atoms with Gasteiger partial charge in [0.05, 0.1) is 11.0 Å². The number of ether oxygens (including phenoxy) is 2. The molecule has 2 aromatic carbocycles. The second kappa shape index (κ2) is 4.78. The lowest BCUT2D eigenvalue weighted by Gasteiger charge is -2.20. The van der Waals surface area contributed by atoms with Crippen molar-refractivity contribution in [3.05, 3.63) is 46.5 Å². The SMILES string of the molecule is CC(=O)Nc1cc2c(cc1[N+](=O)[O-])Oc1ccccc1O2. The maximum absolute atomic E-state index is 11.1. The Morgan fingerprint density at radius 1 is 1.10 bits per heavy atom. The fourth-order valence-corrected chi connectivity index (χ4v) is 2.01. The van der Waals surface area contributed by atoms with Crippen LogP contribution in [0.4, 0.5) is 11.4 Å². The van der Waals surface area contributed by atoms with Gasteiger partial charge in [-0.15, -0.1) is 0 Å². The van der Waals surface area contributed by atoms with Gasteiger partial charge in [0.2, 0.25) is 5.91 Å². The van der Waals surface area contributed by atoms with E-state index in [1.54, 1.807) is 24.3 Å². The lowest BCUT2D eigenvalue weighted by atomic mass is 10.2. The third kappa shape index (κ3) is 2.36. The molecule has 1 aliphatic heterocycles. The zero-order chi connectivity index (χ0) is 15.0. The van der Waals surface area contributed by atoms with Crippen LogP contribution >= 0.6 is 0 Å². The van der Waals surface area contributed by atoms with E-state index in [-0.39, 0.29) is 17.1 Å². The van der Waals surface area contributed by atoms with Gasteiger partial charge < -0.3 is 14.8 Å².